The molecule has 0 spiro atoms. The number of aromatic nitrogens is 2. The van der Waals surface area contributed by atoms with Crippen LogP contribution in [0.5, 0.6) is 0 Å². The third-order valence-electron chi connectivity index (χ3n) is 2.47. The fourth-order valence-corrected chi connectivity index (χ4v) is 1.72. The van der Waals surface area contributed by atoms with E-state index in [1.54, 1.807) is 0 Å². The van der Waals surface area contributed by atoms with Crippen molar-refractivity contribution in [3.8, 4) is 0 Å². The Kier molecular flexibility index (Phi) is 2.79. The number of aliphatic hydroxyl groups is 1. The summed E-state index contributed by atoms with van der Waals surface area (Å²) in [4.78, 5) is 0. The summed E-state index contributed by atoms with van der Waals surface area (Å²) in [5, 5.41) is 15.7. The van der Waals surface area contributed by atoms with Crippen LogP contribution in [0.15, 0.2) is 6.07 Å². The SMILES string of the molecule is OCC1CNc2cc(CC(F)(F)F)nn2C1. The van der Waals surface area contributed by atoms with Gasteiger partial charge in [0.15, 0.2) is 0 Å². The molecule has 0 bridgehead atoms. The summed E-state index contributed by atoms with van der Waals surface area (Å²) in [6.07, 6.45) is -5.25. The Bertz CT molecular complexity index is 375. The van der Waals surface area contributed by atoms with Crippen molar-refractivity contribution in [3.63, 3.8) is 0 Å². The second-order valence-corrected chi connectivity index (χ2v) is 3.92. The molecule has 0 amide bonds. The van der Waals surface area contributed by atoms with E-state index in [2.05, 4.69) is 10.4 Å². The molecule has 0 aliphatic carbocycles. The van der Waals surface area contributed by atoms with Gasteiger partial charge in [0.25, 0.3) is 0 Å². The van der Waals surface area contributed by atoms with E-state index in [1.165, 1.54) is 10.7 Å². The highest BCUT2D eigenvalue weighted by Crippen LogP contribution is 2.24. The lowest BCUT2D eigenvalue weighted by atomic mass is 10.1. The lowest BCUT2D eigenvalue weighted by molar-refractivity contribution is -0.127. The zero-order chi connectivity index (χ0) is 11.8. The highest BCUT2D eigenvalue weighted by molar-refractivity contribution is 5.39. The Balaban J connectivity index is 2.12. The average Bonchev–Trinajstić information content (AvgIpc) is 2.55. The first kappa shape index (κ1) is 11.3. The van der Waals surface area contributed by atoms with Gasteiger partial charge in [-0.05, 0) is 0 Å². The molecule has 2 heterocycles. The van der Waals surface area contributed by atoms with Crippen molar-refractivity contribution in [2.75, 3.05) is 18.5 Å². The summed E-state index contributed by atoms with van der Waals surface area (Å²) in [7, 11) is 0. The van der Waals surface area contributed by atoms with Crippen LogP contribution in [0, 0.1) is 5.92 Å². The highest BCUT2D eigenvalue weighted by atomic mass is 19.4. The highest BCUT2D eigenvalue weighted by Gasteiger charge is 2.30. The number of nitrogens with zero attached hydrogens (tertiary/aromatic N) is 2. The van der Waals surface area contributed by atoms with Crippen LogP contribution in [-0.4, -0.2) is 34.2 Å². The first-order valence-electron chi connectivity index (χ1n) is 4.96. The summed E-state index contributed by atoms with van der Waals surface area (Å²) in [6, 6.07) is 1.40. The van der Waals surface area contributed by atoms with Crippen molar-refractivity contribution in [1.82, 2.24) is 9.78 Å². The van der Waals surface area contributed by atoms with E-state index >= 15 is 0 Å². The smallest absolute Gasteiger partial charge is 0.394 e. The Labute approximate surface area is 90.1 Å². The van der Waals surface area contributed by atoms with Crippen LogP contribution in [0.25, 0.3) is 0 Å². The van der Waals surface area contributed by atoms with E-state index in [0.29, 0.717) is 18.9 Å². The van der Waals surface area contributed by atoms with Crippen LogP contribution >= 0.6 is 0 Å². The molecular formula is C9H12F3N3O. The van der Waals surface area contributed by atoms with E-state index in [4.69, 9.17) is 5.11 Å². The first-order valence-corrected chi connectivity index (χ1v) is 4.96. The molecule has 90 valence electrons. The molecule has 2 rings (SSSR count). The minimum absolute atomic E-state index is 0.000897. The number of hydrogen-bond acceptors (Lipinski definition) is 3. The van der Waals surface area contributed by atoms with E-state index in [0.717, 1.165) is 0 Å². The van der Waals surface area contributed by atoms with E-state index in [-0.39, 0.29) is 18.2 Å². The minimum Gasteiger partial charge on any atom is -0.396 e. The van der Waals surface area contributed by atoms with Gasteiger partial charge < -0.3 is 10.4 Å². The van der Waals surface area contributed by atoms with Gasteiger partial charge in [-0.2, -0.15) is 18.3 Å². The van der Waals surface area contributed by atoms with E-state index in [1.807, 2.05) is 0 Å². The van der Waals surface area contributed by atoms with E-state index in [9.17, 15) is 13.2 Å². The lowest BCUT2D eigenvalue weighted by Crippen LogP contribution is -2.30. The number of halogens is 3. The summed E-state index contributed by atoms with van der Waals surface area (Å²) >= 11 is 0. The van der Waals surface area contributed by atoms with Gasteiger partial charge in [-0.25, -0.2) is 4.68 Å². The third kappa shape index (κ3) is 2.46. The number of rotatable bonds is 2. The molecule has 1 aliphatic rings. The second kappa shape index (κ2) is 3.97. The average molecular weight is 235 g/mol. The van der Waals surface area contributed by atoms with Gasteiger partial charge in [-0.3, -0.25) is 0 Å². The normalized spacial score (nSPS) is 20.4. The predicted octanol–water partition coefficient (Wildman–Crippen LogP) is 1.02. The van der Waals surface area contributed by atoms with Crippen LogP contribution < -0.4 is 5.32 Å². The van der Waals surface area contributed by atoms with Gasteiger partial charge in [0.1, 0.15) is 5.82 Å². The molecule has 1 unspecified atom stereocenters. The number of hydrogen-bond donors (Lipinski definition) is 2. The molecule has 1 aliphatic heterocycles. The monoisotopic (exact) mass is 235 g/mol. The van der Waals surface area contributed by atoms with Crippen molar-refractivity contribution in [2.45, 2.75) is 19.1 Å². The van der Waals surface area contributed by atoms with Gasteiger partial charge in [0.2, 0.25) is 0 Å². The Hall–Kier alpha value is -1.24. The summed E-state index contributed by atoms with van der Waals surface area (Å²) in [6.45, 7) is 1.02. The van der Waals surface area contributed by atoms with E-state index < -0.39 is 12.6 Å². The van der Waals surface area contributed by atoms with Crippen molar-refractivity contribution >= 4 is 5.82 Å². The molecule has 0 saturated carbocycles. The molecule has 1 aromatic rings. The molecule has 0 radical (unpaired) electrons. The Morgan fingerprint density at radius 3 is 2.94 bits per heavy atom. The van der Waals surface area contributed by atoms with Crippen LogP contribution in [0.2, 0.25) is 0 Å². The molecule has 0 fully saturated rings. The maximum atomic E-state index is 12.1. The number of nitrogens with one attached hydrogen (secondary N) is 1. The van der Waals surface area contributed by atoms with Gasteiger partial charge >= 0.3 is 6.18 Å². The minimum atomic E-state index is -4.24. The quantitative estimate of drug-likeness (QED) is 0.804. The Morgan fingerprint density at radius 1 is 1.56 bits per heavy atom. The molecule has 0 saturated heterocycles. The zero-order valence-electron chi connectivity index (χ0n) is 8.46. The largest absolute Gasteiger partial charge is 0.396 e. The van der Waals surface area contributed by atoms with Gasteiger partial charge in [-0.15, -0.1) is 0 Å². The van der Waals surface area contributed by atoms with Crippen molar-refractivity contribution < 1.29 is 18.3 Å². The topological polar surface area (TPSA) is 50.1 Å². The number of fused-ring (bicyclic) bond motifs is 1. The van der Waals surface area contributed by atoms with Crippen LogP contribution in [0.3, 0.4) is 0 Å². The van der Waals surface area contributed by atoms with Crippen molar-refractivity contribution in [1.29, 1.82) is 0 Å². The fraction of sp³-hybridized carbons (Fsp3) is 0.667. The molecule has 2 N–H and O–H groups in total. The van der Waals surface area contributed by atoms with Gasteiger partial charge in [-0.1, -0.05) is 0 Å². The Morgan fingerprint density at radius 2 is 2.31 bits per heavy atom. The van der Waals surface area contributed by atoms with Gasteiger partial charge in [0.05, 0.1) is 12.1 Å². The number of aliphatic hydroxyl groups excluding tert-OH is 1. The molecule has 1 aromatic heterocycles. The number of anilines is 1. The predicted molar refractivity (Wildman–Crippen MR) is 51.1 cm³/mol. The van der Waals surface area contributed by atoms with Gasteiger partial charge in [0, 0.05) is 31.7 Å². The first-order chi connectivity index (χ1) is 7.48. The summed E-state index contributed by atoms with van der Waals surface area (Å²) < 4.78 is 37.9. The van der Waals surface area contributed by atoms with Crippen LogP contribution in [0.4, 0.5) is 19.0 Å². The van der Waals surface area contributed by atoms with Crippen molar-refractivity contribution in [2.24, 2.45) is 5.92 Å². The fourth-order valence-electron chi connectivity index (χ4n) is 1.72. The molecular weight excluding hydrogens is 223 g/mol. The van der Waals surface area contributed by atoms with Crippen LogP contribution in [-0.2, 0) is 13.0 Å². The summed E-state index contributed by atoms with van der Waals surface area (Å²) in [5.74, 6) is 0.593. The van der Waals surface area contributed by atoms with Crippen LogP contribution in [0.1, 0.15) is 5.69 Å². The maximum absolute atomic E-state index is 12.1. The summed E-state index contributed by atoms with van der Waals surface area (Å²) in [5.41, 5.74) is 0.00795. The molecule has 4 nitrogen and oxygen atoms in total. The molecule has 1 atom stereocenters. The molecule has 0 aromatic carbocycles. The van der Waals surface area contributed by atoms with Crippen molar-refractivity contribution in [3.05, 3.63) is 11.8 Å². The third-order valence-corrected chi connectivity index (χ3v) is 2.47. The second-order valence-electron chi connectivity index (χ2n) is 3.92. The molecule has 7 heteroatoms. The zero-order valence-corrected chi connectivity index (χ0v) is 8.46. The maximum Gasteiger partial charge on any atom is 0.394 e. The molecule has 16 heavy (non-hydrogen) atoms. The number of alkyl halides is 3. The standard InChI is InChI=1S/C9H12F3N3O/c10-9(11,12)2-7-1-8-13-3-6(5-16)4-15(8)14-7/h1,6,13,16H,2-5H2. The lowest BCUT2D eigenvalue weighted by Gasteiger charge is -2.22.